The molecule has 0 amide bonds. The van der Waals surface area contributed by atoms with E-state index >= 15 is 0 Å². The van der Waals surface area contributed by atoms with E-state index in [1.807, 2.05) is 0 Å². The molecule has 1 aliphatic rings. The Morgan fingerprint density at radius 3 is 2.23 bits per heavy atom. The fourth-order valence-corrected chi connectivity index (χ4v) is 2.34. The van der Waals surface area contributed by atoms with Crippen LogP contribution in [-0.4, -0.2) is 20.3 Å². The Bertz CT molecular complexity index is 238. The summed E-state index contributed by atoms with van der Waals surface area (Å²) in [5.41, 5.74) is 0. The van der Waals surface area contributed by atoms with Gasteiger partial charge in [-0.15, -0.1) is 0 Å². The Morgan fingerprint density at radius 1 is 1.23 bits per heavy atom. The van der Waals surface area contributed by atoms with Crippen LogP contribution in [-0.2, 0) is 14.3 Å². The molecule has 1 aliphatic carbocycles. The molecule has 13 heavy (non-hydrogen) atoms. The lowest BCUT2D eigenvalue weighted by atomic mass is 9.89. The Morgan fingerprint density at radius 2 is 1.77 bits per heavy atom. The molecule has 0 N–H and O–H groups in total. The van der Waals surface area contributed by atoms with Crippen LogP contribution in [0.3, 0.4) is 0 Å². The Kier molecular flexibility index (Phi) is 3.74. The number of hydrogen-bond donors (Lipinski definition) is 0. The van der Waals surface area contributed by atoms with Gasteiger partial charge in [-0.25, -0.2) is 0 Å². The second-order valence-corrected chi connectivity index (χ2v) is 5.71. The predicted octanol–water partition coefficient (Wildman–Crippen LogP) is 1.93. The van der Waals surface area contributed by atoms with E-state index in [0.717, 1.165) is 31.6 Å². The van der Waals surface area contributed by atoms with Gasteiger partial charge in [-0.2, -0.15) is 8.42 Å². The van der Waals surface area contributed by atoms with Crippen molar-refractivity contribution in [2.75, 3.05) is 5.75 Å². The average molecular weight is 206 g/mol. The summed E-state index contributed by atoms with van der Waals surface area (Å²) < 4.78 is 27.3. The highest BCUT2D eigenvalue weighted by Gasteiger charge is 2.23. The molecule has 1 fully saturated rings. The van der Waals surface area contributed by atoms with Crippen molar-refractivity contribution < 1.29 is 12.6 Å². The van der Waals surface area contributed by atoms with Gasteiger partial charge in [0.1, 0.15) is 0 Å². The summed E-state index contributed by atoms with van der Waals surface area (Å²) in [6.45, 7) is 3.81. The molecule has 4 heteroatoms. The van der Waals surface area contributed by atoms with Gasteiger partial charge in [0.15, 0.2) is 0 Å². The Balaban J connectivity index is 2.39. The fourth-order valence-electron chi connectivity index (χ4n) is 1.60. The molecule has 0 heterocycles. The van der Waals surface area contributed by atoms with E-state index < -0.39 is 10.1 Å². The van der Waals surface area contributed by atoms with Crippen LogP contribution in [0.15, 0.2) is 0 Å². The quantitative estimate of drug-likeness (QED) is 0.663. The van der Waals surface area contributed by atoms with Crippen molar-refractivity contribution in [1.82, 2.24) is 0 Å². The Labute approximate surface area is 80.6 Å². The van der Waals surface area contributed by atoms with E-state index in [1.165, 1.54) is 0 Å². The second kappa shape index (κ2) is 4.42. The van der Waals surface area contributed by atoms with Gasteiger partial charge in [0.25, 0.3) is 10.1 Å². The van der Waals surface area contributed by atoms with Crippen molar-refractivity contribution in [1.29, 1.82) is 0 Å². The highest BCUT2D eigenvalue weighted by atomic mass is 32.2. The van der Waals surface area contributed by atoms with Crippen LogP contribution in [0.1, 0.15) is 39.5 Å². The molecule has 1 saturated carbocycles. The van der Waals surface area contributed by atoms with Crippen LogP contribution in [0.5, 0.6) is 0 Å². The molecule has 0 spiro atoms. The normalized spacial score (nSPS) is 30.3. The van der Waals surface area contributed by atoms with Crippen molar-refractivity contribution >= 4 is 10.1 Å². The summed E-state index contributed by atoms with van der Waals surface area (Å²) in [7, 11) is -3.24. The molecule has 3 nitrogen and oxygen atoms in total. The molecule has 0 unspecified atom stereocenters. The van der Waals surface area contributed by atoms with Crippen LogP contribution in [0.2, 0.25) is 0 Å². The lowest BCUT2D eigenvalue weighted by molar-refractivity contribution is 0.142. The summed E-state index contributed by atoms with van der Waals surface area (Å²) in [4.78, 5) is 0. The third-order valence-electron chi connectivity index (χ3n) is 2.60. The molecule has 0 saturated heterocycles. The Hall–Kier alpha value is -0.0900. The minimum absolute atomic E-state index is 0.0545. The number of rotatable bonds is 3. The summed E-state index contributed by atoms with van der Waals surface area (Å²) in [6.07, 6.45) is 3.90. The molecular formula is C9H18O3S. The standard InChI is InChI=1S/C9H18O3S/c1-3-13(10,11)12-9-6-4-8(2)5-7-9/h8-9H,3-7H2,1-2H3. The summed E-state index contributed by atoms with van der Waals surface area (Å²) >= 11 is 0. The molecule has 0 atom stereocenters. The van der Waals surface area contributed by atoms with E-state index in [2.05, 4.69) is 6.92 Å². The zero-order valence-corrected chi connectivity index (χ0v) is 9.14. The second-order valence-electron chi connectivity index (χ2n) is 3.82. The first kappa shape index (κ1) is 11.0. The van der Waals surface area contributed by atoms with Gasteiger partial charge in [0.2, 0.25) is 0 Å². The molecule has 0 aliphatic heterocycles. The molecule has 1 rings (SSSR count). The average Bonchev–Trinajstić information content (AvgIpc) is 2.09. The van der Waals surface area contributed by atoms with Crippen LogP contribution in [0.25, 0.3) is 0 Å². The molecule has 78 valence electrons. The first-order valence-electron chi connectivity index (χ1n) is 4.94. The van der Waals surface area contributed by atoms with Gasteiger partial charge in [-0.1, -0.05) is 6.92 Å². The monoisotopic (exact) mass is 206 g/mol. The lowest BCUT2D eigenvalue weighted by Gasteiger charge is -2.25. The minimum Gasteiger partial charge on any atom is -0.267 e. The lowest BCUT2D eigenvalue weighted by Crippen LogP contribution is -2.24. The van der Waals surface area contributed by atoms with Crippen molar-refractivity contribution in [3.63, 3.8) is 0 Å². The zero-order chi connectivity index (χ0) is 9.90. The smallest absolute Gasteiger partial charge is 0.267 e. The third kappa shape index (κ3) is 3.65. The van der Waals surface area contributed by atoms with Crippen LogP contribution < -0.4 is 0 Å². The highest BCUT2D eigenvalue weighted by Crippen LogP contribution is 2.26. The van der Waals surface area contributed by atoms with Gasteiger partial charge in [0, 0.05) is 0 Å². The first-order valence-corrected chi connectivity index (χ1v) is 6.52. The summed E-state index contributed by atoms with van der Waals surface area (Å²) in [5.74, 6) is 0.808. The third-order valence-corrected chi connectivity index (χ3v) is 3.87. The maximum atomic E-state index is 11.1. The van der Waals surface area contributed by atoms with Crippen molar-refractivity contribution in [2.45, 2.75) is 45.6 Å². The largest absolute Gasteiger partial charge is 0.267 e. The molecule has 0 aromatic rings. The van der Waals surface area contributed by atoms with E-state index in [1.54, 1.807) is 6.92 Å². The summed E-state index contributed by atoms with van der Waals surface area (Å²) in [5, 5.41) is 0. The van der Waals surface area contributed by atoms with E-state index in [4.69, 9.17) is 4.18 Å². The fraction of sp³-hybridized carbons (Fsp3) is 1.00. The van der Waals surface area contributed by atoms with Crippen molar-refractivity contribution in [3.8, 4) is 0 Å². The zero-order valence-electron chi connectivity index (χ0n) is 8.32. The number of hydrogen-bond acceptors (Lipinski definition) is 3. The van der Waals surface area contributed by atoms with Gasteiger partial charge < -0.3 is 0 Å². The molecule has 0 aromatic heterocycles. The summed E-state index contributed by atoms with van der Waals surface area (Å²) in [6, 6.07) is 0. The van der Waals surface area contributed by atoms with E-state index in [9.17, 15) is 8.42 Å². The SMILES string of the molecule is CCS(=O)(=O)OC1CCC(C)CC1. The van der Waals surface area contributed by atoms with Crippen LogP contribution in [0.4, 0.5) is 0 Å². The highest BCUT2D eigenvalue weighted by molar-refractivity contribution is 7.86. The maximum absolute atomic E-state index is 11.1. The topological polar surface area (TPSA) is 43.4 Å². The van der Waals surface area contributed by atoms with E-state index in [0.29, 0.717) is 0 Å². The molecule has 0 bridgehead atoms. The molecule has 0 radical (unpaired) electrons. The van der Waals surface area contributed by atoms with Crippen molar-refractivity contribution in [3.05, 3.63) is 0 Å². The van der Waals surface area contributed by atoms with Gasteiger partial charge >= 0.3 is 0 Å². The first-order chi connectivity index (χ1) is 6.03. The maximum Gasteiger partial charge on any atom is 0.267 e. The van der Waals surface area contributed by atoms with Crippen molar-refractivity contribution in [2.24, 2.45) is 5.92 Å². The van der Waals surface area contributed by atoms with Gasteiger partial charge in [-0.05, 0) is 38.5 Å². The minimum atomic E-state index is -3.24. The molecule has 0 aromatic carbocycles. The van der Waals surface area contributed by atoms with Crippen LogP contribution in [0, 0.1) is 5.92 Å². The van der Waals surface area contributed by atoms with Gasteiger partial charge in [-0.3, -0.25) is 4.18 Å². The van der Waals surface area contributed by atoms with Crippen LogP contribution >= 0.6 is 0 Å². The molecular weight excluding hydrogens is 188 g/mol. The predicted molar refractivity (Wildman–Crippen MR) is 52.0 cm³/mol. The van der Waals surface area contributed by atoms with Gasteiger partial charge in [0.05, 0.1) is 11.9 Å². The van der Waals surface area contributed by atoms with E-state index in [-0.39, 0.29) is 11.9 Å².